The molecule has 1 aliphatic carbocycles. The highest BCUT2D eigenvalue weighted by molar-refractivity contribution is 6.34. The van der Waals surface area contributed by atoms with Gasteiger partial charge in [0.1, 0.15) is 0 Å². The second kappa shape index (κ2) is 3.47. The third-order valence-electron chi connectivity index (χ3n) is 3.63. The van der Waals surface area contributed by atoms with Crippen molar-refractivity contribution in [2.24, 2.45) is 17.8 Å². The quantitative estimate of drug-likeness (QED) is 0.848. The van der Waals surface area contributed by atoms with Crippen molar-refractivity contribution in [3.8, 4) is 0 Å². The van der Waals surface area contributed by atoms with Gasteiger partial charge in [-0.05, 0) is 24.0 Å². The Hall–Kier alpha value is -1.06. The fourth-order valence-electron chi connectivity index (χ4n) is 2.68. The van der Waals surface area contributed by atoms with Gasteiger partial charge in [0.25, 0.3) is 0 Å². The molecule has 3 rings (SSSR count). The molecule has 1 saturated heterocycles. The number of halogens is 1. The minimum atomic E-state index is 0.0290. The van der Waals surface area contributed by atoms with Crippen molar-refractivity contribution in [2.45, 2.75) is 0 Å². The number of carbonyl (C=O) groups excluding carboxylic acids is 1. The average molecular weight is 238 g/mol. The van der Waals surface area contributed by atoms with Crippen molar-refractivity contribution < 1.29 is 9.90 Å². The van der Waals surface area contributed by atoms with E-state index in [-0.39, 0.29) is 24.3 Å². The fourth-order valence-corrected chi connectivity index (χ4v) is 2.92. The second-order valence-electron chi connectivity index (χ2n) is 4.44. The molecular formula is C12H12ClNO2. The lowest BCUT2D eigenvalue weighted by Gasteiger charge is -2.20. The zero-order valence-corrected chi connectivity index (χ0v) is 9.39. The lowest BCUT2D eigenvalue weighted by Crippen LogP contribution is -2.30. The number of nitrogens with zero attached hydrogens (tertiary/aromatic N) is 1. The summed E-state index contributed by atoms with van der Waals surface area (Å²) in [5, 5.41) is 9.65. The highest BCUT2D eigenvalue weighted by Gasteiger charge is 2.61. The van der Waals surface area contributed by atoms with Crippen molar-refractivity contribution in [3.05, 3.63) is 29.3 Å². The molecule has 16 heavy (non-hydrogen) atoms. The van der Waals surface area contributed by atoms with E-state index in [9.17, 15) is 4.79 Å². The van der Waals surface area contributed by atoms with Crippen LogP contribution in [-0.4, -0.2) is 24.2 Å². The van der Waals surface area contributed by atoms with Crippen LogP contribution in [0.15, 0.2) is 24.3 Å². The van der Waals surface area contributed by atoms with Gasteiger partial charge in [0.2, 0.25) is 5.91 Å². The number of para-hydroxylation sites is 1. The average Bonchev–Trinajstić information content (AvgIpc) is 2.89. The van der Waals surface area contributed by atoms with Crippen molar-refractivity contribution in [1.29, 1.82) is 0 Å². The number of aliphatic hydroxyl groups is 1. The summed E-state index contributed by atoms with van der Waals surface area (Å²) in [6.07, 6.45) is 0. The Morgan fingerprint density at radius 1 is 1.44 bits per heavy atom. The summed E-state index contributed by atoms with van der Waals surface area (Å²) in [5.74, 6) is 0.651. The molecular weight excluding hydrogens is 226 g/mol. The smallest absolute Gasteiger partial charge is 0.230 e. The van der Waals surface area contributed by atoms with E-state index in [1.165, 1.54) is 0 Å². The van der Waals surface area contributed by atoms with E-state index in [1.807, 2.05) is 18.2 Å². The van der Waals surface area contributed by atoms with E-state index in [2.05, 4.69) is 0 Å². The molecule has 1 aromatic carbocycles. The first-order chi connectivity index (χ1) is 7.74. The molecule has 3 nitrogen and oxygen atoms in total. The number of benzene rings is 1. The summed E-state index contributed by atoms with van der Waals surface area (Å²) in [5.41, 5.74) is 0.790. The highest BCUT2D eigenvalue weighted by Crippen LogP contribution is 2.53. The van der Waals surface area contributed by atoms with E-state index in [4.69, 9.17) is 16.7 Å². The lowest BCUT2D eigenvalue weighted by atomic mass is 10.2. The molecule has 0 radical (unpaired) electrons. The Bertz CT molecular complexity index is 448. The molecule has 1 N–H and O–H groups in total. The monoisotopic (exact) mass is 237 g/mol. The number of hydrogen-bond acceptors (Lipinski definition) is 2. The molecule has 1 heterocycles. The maximum absolute atomic E-state index is 12.0. The van der Waals surface area contributed by atoms with Gasteiger partial charge in [-0.1, -0.05) is 23.7 Å². The Kier molecular flexibility index (Phi) is 2.19. The molecule has 3 unspecified atom stereocenters. The van der Waals surface area contributed by atoms with E-state index < -0.39 is 0 Å². The van der Waals surface area contributed by atoms with Crippen LogP contribution in [0.25, 0.3) is 0 Å². The minimum absolute atomic E-state index is 0.0290. The first-order valence-electron chi connectivity index (χ1n) is 5.41. The SMILES string of the molecule is O=C1C2C(CO)C2CN1c1ccccc1Cl. The molecule has 1 saturated carbocycles. The molecule has 0 spiro atoms. The van der Waals surface area contributed by atoms with Gasteiger partial charge < -0.3 is 10.0 Å². The standard InChI is InChI=1S/C12H12ClNO2/c13-9-3-1-2-4-10(9)14-5-7-8(6-15)11(7)12(14)16/h1-4,7-8,11,15H,5-6H2. The predicted molar refractivity (Wildman–Crippen MR) is 61.4 cm³/mol. The maximum Gasteiger partial charge on any atom is 0.230 e. The first kappa shape index (κ1) is 10.1. The number of piperidine rings is 1. The molecule has 2 aliphatic rings. The minimum Gasteiger partial charge on any atom is -0.396 e. The van der Waals surface area contributed by atoms with Crippen LogP contribution >= 0.6 is 11.6 Å². The van der Waals surface area contributed by atoms with Gasteiger partial charge >= 0.3 is 0 Å². The highest BCUT2D eigenvalue weighted by atomic mass is 35.5. The third kappa shape index (κ3) is 1.28. The van der Waals surface area contributed by atoms with Crippen molar-refractivity contribution >= 4 is 23.2 Å². The summed E-state index contributed by atoms with van der Waals surface area (Å²) < 4.78 is 0. The predicted octanol–water partition coefficient (Wildman–Crippen LogP) is 1.54. The van der Waals surface area contributed by atoms with Crippen molar-refractivity contribution in [3.63, 3.8) is 0 Å². The van der Waals surface area contributed by atoms with Gasteiger partial charge in [0.05, 0.1) is 10.7 Å². The van der Waals surface area contributed by atoms with Crippen LogP contribution in [0.2, 0.25) is 5.02 Å². The number of carbonyl (C=O) groups is 1. The largest absolute Gasteiger partial charge is 0.396 e. The van der Waals surface area contributed by atoms with Gasteiger partial charge in [0, 0.05) is 19.1 Å². The van der Waals surface area contributed by atoms with Gasteiger partial charge in [-0.25, -0.2) is 0 Å². The third-order valence-corrected chi connectivity index (χ3v) is 3.95. The molecule has 2 fully saturated rings. The zero-order chi connectivity index (χ0) is 11.3. The molecule has 1 aromatic rings. The normalized spacial score (nSPS) is 31.8. The van der Waals surface area contributed by atoms with Crippen LogP contribution in [-0.2, 0) is 4.79 Å². The maximum atomic E-state index is 12.0. The first-order valence-corrected chi connectivity index (χ1v) is 5.78. The number of aliphatic hydroxyl groups excluding tert-OH is 1. The molecule has 1 aliphatic heterocycles. The van der Waals surface area contributed by atoms with Crippen LogP contribution in [0.1, 0.15) is 0 Å². The summed E-state index contributed by atoms with van der Waals surface area (Å²) >= 11 is 6.06. The van der Waals surface area contributed by atoms with Crippen LogP contribution in [0.3, 0.4) is 0 Å². The molecule has 0 bridgehead atoms. The lowest BCUT2D eigenvalue weighted by molar-refractivity contribution is -0.119. The summed E-state index contributed by atoms with van der Waals surface area (Å²) in [4.78, 5) is 13.8. The van der Waals surface area contributed by atoms with Crippen molar-refractivity contribution in [2.75, 3.05) is 18.1 Å². The Balaban J connectivity index is 1.85. The van der Waals surface area contributed by atoms with E-state index in [1.54, 1.807) is 11.0 Å². The zero-order valence-electron chi connectivity index (χ0n) is 8.64. The van der Waals surface area contributed by atoms with Gasteiger partial charge in [-0.15, -0.1) is 0 Å². The van der Waals surface area contributed by atoms with Gasteiger partial charge in [-0.3, -0.25) is 4.79 Å². The Labute approximate surface area is 98.6 Å². The summed E-state index contributed by atoms with van der Waals surface area (Å²) in [6, 6.07) is 7.38. The Morgan fingerprint density at radius 2 is 2.19 bits per heavy atom. The number of anilines is 1. The molecule has 0 aromatic heterocycles. The topological polar surface area (TPSA) is 40.5 Å². The number of fused-ring (bicyclic) bond motifs is 1. The van der Waals surface area contributed by atoms with Crippen LogP contribution in [0, 0.1) is 17.8 Å². The number of rotatable bonds is 2. The van der Waals surface area contributed by atoms with Crippen molar-refractivity contribution in [1.82, 2.24) is 0 Å². The summed E-state index contributed by atoms with van der Waals surface area (Å²) in [7, 11) is 0. The summed E-state index contributed by atoms with van der Waals surface area (Å²) in [6.45, 7) is 0.815. The molecule has 3 atom stereocenters. The Morgan fingerprint density at radius 3 is 2.75 bits per heavy atom. The number of amides is 1. The van der Waals surface area contributed by atoms with Crippen LogP contribution in [0.5, 0.6) is 0 Å². The van der Waals surface area contributed by atoms with E-state index >= 15 is 0 Å². The molecule has 84 valence electrons. The van der Waals surface area contributed by atoms with Gasteiger partial charge in [0.15, 0.2) is 0 Å². The molecule has 1 amide bonds. The molecule has 4 heteroatoms. The van der Waals surface area contributed by atoms with Crippen LogP contribution < -0.4 is 4.90 Å². The van der Waals surface area contributed by atoms with E-state index in [0.717, 1.165) is 5.69 Å². The second-order valence-corrected chi connectivity index (χ2v) is 4.84. The van der Waals surface area contributed by atoms with Gasteiger partial charge in [-0.2, -0.15) is 0 Å². The number of hydrogen-bond donors (Lipinski definition) is 1. The van der Waals surface area contributed by atoms with Crippen LogP contribution in [0.4, 0.5) is 5.69 Å². The fraction of sp³-hybridized carbons (Fsp3) is 0.417. The van der Waals surface area contributed by atoms with E-state index in [0.29, 0.717) is 17.5 Å².